The number of benzene rings is 1. The van der Waals surface area contributed by atoms with Crippen LogP contribution in [0.1, 0.15) is 11.3 Å². The number of hydrogen-bond acceptors (Lipinski definition) is 4. The van der Waals surface area contributed by atoms with Crippen LogP contribution < -0.4 is 10.1 Å². The van der Waals surface area contributed by atoms with E-state index in [0.717, 1.165) is 29.2 Å². The molecule has 0 spiro atoms. The van der Waals surface area contributed by atoms with Gasteiger partial charge in [-0.15, -0.1) is 11.3 Å². The number of halogens is 1. The summed E-state index contributed by atoms with van der Waals surface area (Å²) in [6.07, 6.45) is 2.77. The maximum atomic E-state index is 13.1. The third-order valence-electron chi connectivity index (χ3n) is 3.29. The van der Waals surface area contributed by atoms with Crippen LogP contribution in [0.3, 0.4) is 0 Å². The van der Waals surface area contributed by atoms with Crippen LogP contribution in [0, 0.1) is 5.82 Å². The van der Waals surface area contributed by atoms with Crippen LogP contribution in [0.4, 0.5) is 4.39 Å². The van der Waals surface area contributed by atoms with E-state index in [4.69, 9.17) is 4.74 Å². The van der Waals surface area contributed by atoms with Gasteiger partial charge in [-0.1, -0.05) is 12.1 Å². The van der Waals surface area contributed by atoms with Crippen LogP contribution in [-0.2, 0) is 13.0 Å². The zero-order valence-corrected chi connectivity index (χ0v) is 12.5. The molecule has 0 saturated carbocycles. The fourth-order valence-corrected chi connectivity index (χ4v) is 2.99. The zero-order chi connectivity index (χ0) is 14.7. The van der Waals surface area contributed by atoms with Gasteiger partial charge < -0.3 is 10.1 Å². The second-order valence-electron chi connectivity index (χ2n) is 4.68. The highest BCUT2D eigenvalue weighted by Crippen LogP contribution is 2.22. The Morgan fingerprint density at radius 2 is 2.33 bits per heavy atom. The van der Waals surface area contributed by atoms with Crippen LogP contribution in [0.5, 0.6) is 5.88 Å². The maximum Gasteiger partial charge on any atom is 0.237 e. The van der Waals surface area contributed by atoms with E-state index in [1.807, 2.05) is 22.0 Å². The van der Waals surface area contributed by atoms with E-state index >= 15 is 0 Å². The molecule has 3 aromatic rings. The van der Waals surface area contributed by atoms with Crippen molar-refractivity contribution in [2.45, 2.75) is 13.0 Å². The van der Waals surface area contributed by atoms with Crippen molar-refractivity contribution in [3.05, 3.63) is 52.9 Å². The molecule has 0 fully saturated rings. The van der Waals surface area contributed by atoms with Gasteiger partial charge in [0.25, 0.3) is 0 Å². The minimum atomic E-state index is -0.190. The van der Waals surface area contributed by atoms with E-state index in [2.05, 4.69) is 10.3 Å². The van der Waals surface area contributed by atoms with Crippen molar-refractivity contribution in [1.82, 2.24) is 14.7 Å². The van der Waals surface area contributed by atoms with Crippen LogP contribution in [0.15, 0.2) is 35.8 Å². The number of rotatable bonds is 6. The van der Waals surface area contributed by atoms with Crippen molar-refractivity contribution in [3.8, 4) is 5.88 Å². The minimum absolute atomic E-state index is 0.190. The Hall–Kier alpha value is -1.92. The average Bonchev–Trinajstić information content (AvgIpc) is 3.05. The summed E-state index contributed by atoms with van der Waals surface area (Å²) in [4.78, 5) is 5.33. The number of nitrogens with zero attached hydrogens (tertiary/aromatic N) is 2. The molecule has 21 heavy (non-hydrogen) atoms. The summed E-state index contributed by atoms with van der Waals surface area (Å²) in [7, 11) is 1.63. The van der Waals surface area contributed by atoms with E-state index in [9.17, 15) is 4.39 Å². The fraction of sp³-hybridized carbons (Fsp3) is 0.267. The number of hydrogen-bond donors (Lipinski definition) is 1. The predicted octanol–water partition coefficient (Wildman–Crippen LogP) is 2.88. The van der Waals surface area contributed by atoms with Crippen molar-refractivity contribution in [2.75, 3.05) is 13.7 Å². The Balaban J connectivity index is 1.60. The molecule has 110 valence electrons. The summed E-state index contributed by atoms with van der Waals surface area (Å²) < 4.78 is 20.4. The summed E-state index contributed by atoms with van der Waals surface area (Å²) in [5.41, 5.74) is 2.00. The van der Waals surface area contributed by atoms with E-state index in [1.54, 1.807) is 30.6 Å². The molecule has 0 unspecified atom stereocenters. The molecule has 0 radical (unpaired) electrons. The number of thiazole rings is 1. The van der Waals surface area contributed by atoms with E-state index < -0.39 is 0 Å². The van der Waals surface area contributed by atoms with Gasteiger partial charge in [0, 0.05) is 18.1 Å². The Morgan fingerprint density at radius 1 is 1.43 bits per heavy atom. The fourth-order valence-electron chi connectivity index (χ4n) is 2.27. The molecule has 0 aliphatic heterocycles. The molecule has 0 amide bonds. The van der Waals surface area contributed by atoms with Crippen molar-refractivity contribution in [1.29, 1.82) is 0 Å². The lowest BCUT2D eigenvalue weighted by Crippen LogP contribution is -2.18. The molecule has 2 aromatic heterocycles. The normalized spacial score (nSPS) is 11.1. The van der Waals surface area contributed by atoms with Gasteiger partial charge in [-0.05, 0) is 30.7 Å². The van der Waals surface area contributed by atoms with E-state index in [0.29, 0.717) is 12.4 Å². The van der Waals surface area contributed by atoms with Crippen LogP contribution >= 0.6 is 11.3 Å². The summed E-state index contributed by atoms with van der Waals surface area (Å²) in [5, 5.41) is 5.35. The second kappa shape index (κ2) is 6.24. The molecule has 1 N–H and O–H groups in total. The van der Waals surface area contributed by atoms with Gasteiger partial charge in [-0.3, -0.25) is 4.40 Å². The summed E-state index contributed by atoms with van der Waals surface area (Å²) >= 11 is 1.58. The monoisotopic (exact) mass is 305 g/mol. The molecule has 2 heterocycles. The topological polar surface area (TPSA) is 38.6 Å². The number of ether oxygens (including phenoxy) is 1. The maximum absolute atomic E-state index is 13.1. The lowest BCUT2D eigenvalue weighted by atomic mass is 10.1. The largest absolute Gasteiger partial charge is 0.480 e. The number of imidazole rings is 1. The Morgan fingerprint density at radius 3 is 3.14 bits per heavy atom. The summed E-state index contributed by atoms with van der Waals surface area (Å²) in [6, 6.07) is 6.69. The number of fused-ring (bicyclic) bond motifs is 1. The highest BCUT2D eigenvalue weighted by molar-refractivity contribution is 7.15. The molecule has 3 rings (SSSR count). The molecule has 4 nitrogen and oxygen atoms in total. The number of aromatic nitrogens is 2. The molecular weight excluding hydrogens is 289 g/mol. The van der Waals surface area contributed by atoms with Crippen molar-refractivity contribution in [2.24, 2.45) is 0 Å². The van der Waals surface area contributed by atoms with Gasteiger partial charge in [-0.25, -0.2) is 4.39 Å². The average molecular weight is 305 g/mol. The summed E-state index contributed by atoms with van der Waals surface area (Å²) in [5.74, 6) is 0.463. The van der Waals surface area contributed by atoms with Crippen LogP contribution in [-0.4, -0.2) is 23.0 Å². The van der Waals surface area contributed by atoms with Gasteiger partial charge in [0.1, 0.15) is 11.5 Å². The first-order chi connectivity index (χ1) is 10.3. The van der Waals surface area contributed by atoms with Gasteiger partial charge in [0.15, 0.2) is 4.96 Å². The molecule has 6 heteroatoms. The van der Waals surface area contributed by atoms with Crippen molar-refractivity contribution in [3.63, 3.8) is 0 Å². The Bertz CT molecular complexity index is 737. The molecule has 0 aliphatic carbocycles. The predicted molar refractivity (Wildman–Crippen MR) is 81.4 cm³/mol. The minimum Gasteiger partial charge on any atom is -0.480 e. The standard InChI is InChI=1S/C15H16FN3OS/c1-20-14-13(19-7-8-21-15(19)18-14)10-17-6-5-11-3-2-4-12(16)9-11/h2-4,7-9,17H,5-6,10H2,1H3. The quantitative estimate of drug-likeness (QED) is 0.712. The third-order valence-corrected chi connectivity index (χ3v) is 4.05. The first-order valence-corrected chi connectivity index (χ1v) is 7.59. The molecule has 0 saturated heterocycles. The first-order valence-electron chi connectivity index (χ1n) is 6.71. The van der Waals surface area contributed by atoms with Gasteiger partial charge in [-0.2, -0.15) is 4.98 Å². The lowest BCUT2D eigenvalue weighted by Gasteiger charge is -2.06. The molecule has 0 bridgehead atoms. The molecule has 0 aliphatic rings. The molecule has 1 aromatic carbocycles. The number of nitrogens with one attached hydrogen (secondary N) is 1. The van der Waals surface area contributed by atoms with Gasteiger partial charge in [0.05, 0.1) is 7.11 Å². The zero-order valence-electron chi connectivity index (χ0n) is 11.7. The second-order valence-corrected chi connectivity index (χ2v) is 5.55. The SMILES string of the molecule is COc1nc2sccn2c1CNCCc1cccc(F)c1. The smallest absolute Gasteiger partial charge is 0.237 e. The van der Waals surface area contributed by atoms with Crippen molar-refractivity contribution >= 4 is 16.3 Å². The third kappa shape index (κ3) is 3.06. The number of methoxy groups -OCH3 is 1. The van der Waals surface area contributed by atoms with Crippen LogP contribution in [0.25, 0.3) is 4.96 Å². The Labute approximate surface area is 126 Å². The molecular formula is C15H16FN3OS. The van der Waals surface area contributed by atoms with Crippen molar-refractivity contribution < 1.29 is 9.13 Å². The van der Waals surface area contributed by atoms with E-state index in [1.165, 1.54) is 6.07 Å². The highest BCUT2D eigenvalue weighted by Gasteiger charge is 2.12. The molecule has 0 atom stereocenters. The lowest BCUT2D eigenvalue weighted by molar-refractivity contribution is 0.393. The van der Waals surface area contributed by atoms with Crippen LogP contribution in [0.2, 0.25) is 0 Å². The van der Waals surface area contributed by atoms with Gasteiger partial charge >= 0.3 is 0 Å². The van der Waals surface area contributed by atoms with Gasteiger partial charge in [0.2, 0.25) is 5.88 Å². The Kier molecular flexibility index (Phi) is 4.17. The van der Waals surface area contributed by atoms with E-state index in [-0.39, 0.29) is 5.82 Å². The highest BCUT2D eigenvalue weighted by atomic mass is 32.1. The first kappa shape index (κ1) is 14.0. The summed E-state index contributed by atoms with van der Waals surface area (Å²) in [6.45, 7) is 1.43.